The van der Waals surface area contributed by atoms with Gasteiger partial charge in [0.15, 0.2) is 0 Å². The highest BCUT2D eigenvalue weighted by molar-refractivity contribution is 5.14. The lowest BCUT2D eigenvalue weighted by atomic mass is 10.2. The Bertz CT molecular complexity index is 233. The van der Waals surface area contributed by atoms with Gasteiger partial charge in [-0.3, -0.25) is 0 Å². The molecule has 78 valence electrons. The van der Waals surface area contributed by atoms with Gasteiger partial charge in [0, 0.05) is 12.6 Å². The first-order chi connectivity index (χ1) is 6.83. The fraction of sp³-hybridized carbons (Fsp3) is 0.500. The highest BCUT2D eigenvalue weighted by Crippen LogP contribution is 1.99. The highest BCUT2D eigenvalue weighted by atomic mass is 14.9. The first-order valence-electron chi connectivity index (χ1n) is 5.25. The summed E-state index contributed by atoms with van der Waals surface area (Å²) in [5, 5.41) is 6.65. The van der Waals surface area contributed by atoms with Gasteiger partial charge in [0.1, 0.15) is 0 Å². The van der Waals surface area contributed by atoms with Crippen LogP contribution >= 0.6 is 0 Å². The van der Waals surface area contributed by atoms with E-state index in [9.17, 15) is 0 Å². The molecule has 0 spiro atoms. The third-order valence-electron chi connectivity index (χ3n) is 2.32. The third kappa shape index (κ3) is 4.40. The van der Waals surface area contributed by atoms with Crippen LogP contribution in [0.4, 0.5) is 0 Å². The van der Waals surface area contributed by atoms with Crippen molar-refractivity contribution in [1.29, 1.82) is 0 Å². The van der Waals surface area contributed by atoms with E-state index in [2.05, 4.69) is 41.8 Å². The summed E-state index contributed by atoms with van der Waals surface area (Å²) in [6.45, 7) is 4.26. The second-order valence-corrected chi connectivity index (χ2v) is 3.66. The molecule has 1 unspecified atom stereocenters. The van der Waals surface area contributed by atoms with Gasteiger partial charge in [-0.1, -0.05) is 30.3 Å². The van der Waals surface area contributed by atoms with Crippen LogP contribution in [0.25, 0.3) is 0 Å². The van der Waals surface area contributed by atoms with Gasteiger partial charge in [-0.15, -0.1) is 0 Å². The molecule has 0 saturated heterocycles. The molecular formula is C12H20N2. The number of benzene rings is 1. The van der Waals surface area contributed by atoms with E-state index < -0.39 is 0 Å². The van der Waals surface area contributed by atoms with E-state index in [0.717, 1.165) is 13.1 Å². The quantitative estimate of drug-likeness (QED) is 0.718. The molecule has 1 rings (SSSR count). The summed E-state index contributed by atoms with van der Waals surface area (Å²) >= 11 is 0. The standard InChI is InChI=1S/C12H20N2/c1-11(8-9-13-2)14-10-12-6-4-3-5-7-12/h3-7,11,13-14H,8-10H2,1-2H3. The Morgan fingerprint density at radius 2 is 1.93 bits per heavy atom. The van der Waals surface area contributed by atoms with Gasteiger partial charge >= 0.3 is 0 Å². The summed E-state index contributed by atoms with van der Waals surface area (Å²) in [6.07, 6.45) is 1.17. The average molecular weight is 192 g/mol. The molecule has 0 saturated carbocycles. The van der Waals surface area contributed by atoms with Crippen molar-refractivity contribution in [3.63, 3.8) is 0 Å². The molecule has 1 atom stereocenters. The van der Waals surface area contributed by atoms with Crippen molar-refractivity contribution in [3.05, 3.63) is 35.9 Å². The minimum atomic E-state index is 0.572. The van der Waals surface area contributed by atoms with Crippen LogP contribution in [0.3, 0.4) is 0 Å². The van der Waals surface area contributed by atoms with Gasteiger partial charge in [0.05, 0.1) is 0 Å². The zero-order chi connectivity index (χ0) is 10.2. The van der Waals surface area contributed by atoms with Crippen LogP contribution < -0.4 is 10.6 Å². The summed E-state index contributed by atoms with van der Waals surface area (Å²) in [5.41, 5.74) is 1.35. The molecule has 2 N–H and O–H groups in total. The van der Waals surface area contributed by atoms with E-state index in [1.54, 1.807) is 0 Å². The second-order valence-electron chi connectivity index (χ2n) is 3.66. The summed E-state index contributed by atoms with van der Waals surface area (Å²) in [6, 6.07) is 11.1. The zero-order valence-electron chi connectivity index (χ0n) is 9.09. The first-order valence-corrected chi connectivity index (χ1v) is 5.25. The minimum absolute atomic E-state index is 0.572. The van der Waals surface area contributed by atoms with E-state index in [4.69, 9.17) is 0 Å². The third-order valence-corrected chi connectivity index (χ3v) is 2.32. The summed E-state index contributed by atoms with van der Waals surface area (Å²) in [7, 11) is 1.99. The van der Waals surface area contributed by atoms with Crippen molar-refractivity contribution in [2.75, 3.05) is 13.6 Å². The van der Waals surface area contributed by atoms with Crippen molar-refractivity contribution in [3.8, 4) is 0 Å². The van der Waals surface area contributed by atoms with Crippen molar-refractivity contribution in [2.45, 2.75) is 25.9 Å². The Morgan fingerprint density at radius 1 is 1.21 bits per heavy atom. The molecule has 0 aliphatic heterocycles. The van der Waals surface area contributed by atoms with Gasteiger partial charge in [0.25, 0.3) is 0 Å². The fourth-order valence-corrected chi connectivity index (χ4v) is 1.35. The predicted molar refractivity (Wildman–Crippen MR) is 61.3 cm³/mol. The maximum absolute atomic E-state index is 3.49. The van der Waals surface area contributed by atoms with Gasteiger partial charge < -0.3 is 10.6 Å². The van der Waals surface area contributed by atoms with Crippen molar-refractivity contribution >= 4 is 0 Å². The Morgan fingerprint density at radius 3 is 2.57 bits per heavy atom. The number of hydrogen-bond donors (Lipinski definition) is 2. The minimum Gasteiger partial charge on any atom is -0.320 e. The van der Waals surface area contributed by atoms with E-state index in [1.165, 1.54) is 12.0 Å². The van der Waals surface area contributed by atoms with Crippen molar-refractivity contribution in [1.82, 2.24) is 10.6 Å². The van der Waals surface area contributed by atoms with Gasteiger partial charge in [-0.05, 0) is 32.5 Å². The molecule has 2 heteroatoms. The molecule has 0 radical (unpaired) electrons. The molecule has 0 aliphatic rings. The zero-order valence-corrected chi connectivity index (χ0v) is 9.09. The molecule has 0 bridgehead atoms. The Labute approximate surface area is 86.7 Å². The van der Waals surface area contributed by atoms with Crippen LogP contribution in [0.15, 0.2) is 30.3 Å². The number of hydrogen-bond acceptors (Lipinski definition) is 2. The smallest absolute Gasteiger partial charge is 0.0207 e. The van der Waals surface area contributed by atoms with Crippen LogP contribution in [0, 0.1) is 0 Å². The van der Waals surface area contributed by atoms with E-state index in [1.807, 2.05) is 13.1 Å². The molecule has 0 amide bonds. The lowest BCUT2D eigenvalue weighted by Crippen LogP contribution is -2.28. The molecule has 1 aromatic carbocycles. The van der Waals surface area contributed by atoms with Crippen LogP contribution in [-0.2, 0) is 6.54 Å². The van der Waals surface area contributed by atoms with E-state index >= 15 is 0 Å². The lowest BCUT2D eigenvalue weighted by molar-refractivity contribution is 0.503. The van der Waals surface area contributed by atoms with E-state index in [-0.39, 0.29) is 0 Å². The molecule has 0 aliphatic carbocycles. The SMILES string of the molecule is CNCCC(C)NCc1ccccc1. The fourth-order valence-electron chi connectivity index (χ4n) is 1.35. The molecule has 0 fully saturated rings. The second kappa shape index (κ2) is 6.57. The van der Waals surface area contributed by atoms with Crippen LogP contribution in [0.1, 0.15) is 18.9 Å². The Balaban J connectivity index is 2.20. The maximum atomic E-state index is 3.49. The number of rotatable bonds is 6. The molecule has 2 nitrogen and oxygen atoms in total. The molecule has 0 heterocycles. The molecule has 0 aromatic heterocycles. The van der Waals surface area contributed by atoms with Crippen molar-refractivity contribution in [2.24, 2.45) is 0 Å². The lowest BCUT2D eigenvalue weighted by Gasteiger charge is -2.13. The normalized spacial score (nSPS) is 12.7. The Hall–Kier alpha value is -0.860. The molecular weight excluding hydrogens is 172 g/mol. The predicted octanol–water partition coefficient (Wildman–Crippen LogP) is 1.77. The van der Waals surface area contributed by atoms with Gasteiger partial charge in [-0.2, -0.15) is 0 Å². The molecule has 14 heavy (non-hydrogen) atoms. The van der Waals surface area contributed by atoms with Crippen molar-refractivity contribution < 1.29 is 0 Å². The largest absolute Gasteiger partial charge is 0.320 e. The summed E-state index contributed by atoms with van der Waals surface area (Å²) < 4.78 is 0. The topological polar surface area (TPSA) is 24.1 Å². The first kappa shape index (κ1) is 11.2. The monoisotopic (exact) mass is 192 g/mol. The van der Waals surface area contributed by atoms with E-state index in [0.29, 0.717) is 6.04 Å². The van der Waals surface area contributed by atoms with Crippen LogP contribution in [0.2, 0.25) is 0 Å². The Kier molecular flexibility index (Phi) is 5.27. The highest BCUT2D eigenvalue weighted by Gasteiger charge is 1.99. The van der Waals surface area contributed by atoms with Gasteiger partial charge in [0.2, 0.25) is 0 Å². The average Bonchev–Trinajstić information content (AvgIpc) is 2.25. The molecule has 1 aromatic rings. The number of nitrogens with one attached hydrogen (secondary N) is 2. The van der Waals surface area contributed by atoms with Crippen LogP contribution in [-0.4, -0.2) is 19.6 Å². The van der Waals surface area contributed by atoms with Gasteiger partial charge in [-0.25, -0.2) is 0 Å². The van der Waals surface area contributed by atoms with Crippen LogP contribution in [0.5, 0.6) is 0 Å². The summed E-state index contributed by atoms with van der Waals surface area (Å²) in [4.78, 5) is 0. The summed E-state index contributed by atoms with van der Waals surface area (Å²) in [5.74, 6) is 0. The maximum Gasteiger partial charge on any atom is 0.0207 e.